The third kappa shape index (κ3) is 1.74. The molecule has 4 heteroatoms. The van der Waals surface area contributed by atoms with Gasteiger partial charge in [-0.15, -0.1) is 0 Å². The van der Waals surface area contributed by atoms with Crippen LogP contribution in [0.15, 0.2) is 6.20 Å². The summed E-state index contributed by atoms with van der Waals surface area (Å²) < 4.78 is 7.38. The molecule has 0 spiro atoms. The zero-order chi connectivity index (χ0) is 10.8. The summed E-state index contributed by atoms with van der Waals surface area (Å²) in [4.78, 5) is 0. The minimum absolute atomic E-state index is 0.284. The molecule has 1 aromatic heterocycles. The topological polar surface area (TPSA) is 53.1 Å². The highest BCUT2D eigenvalue weighted by Crippen LogP contribution is 2.39. The largest absolute Gasteiger partial charge is 0.493 e. The van der Waals surface area contributed by atoms with E-state index in [-0.39, 0.29) is 6.04 Å². The second kappa shape index (κ2) is 4.23. The molecule has 2 atom stereocenters. The van der Waals surface area contributed by atoms with Crippen LogP contribution in [0, 0.1) is 0 Å². The Morgan fingerprint density at radius 1 is 1.60 bits per heavy atom. The molecule has 1 fully saturated rings. The van der Waals surface area contributed by atoms with Crippen molar-refractivity contribution in [2.24, 2.45) is 5.73 Å². The first-order chi connectivity index (χ1) is 7.27. The predicted octanol–water partition coefficient (Wildman–Crippen LogP) is 1.51. The van der Waals surface area contributed by atoms with Gasteiger partial charge in [-0.3, -0.25) is 4.68 Å². The number of hydrogen-bond acceptors (Lipinski definition) is 3. The Morgan fingerprint density at radius 3 is 2.87 bits per heavy atom. The minimum Gasteiger partial charge on any atom is -0.493 e. The molecule has 0 amide bonds. The van der Waals surface area contributed by atoms with E-state index in [1.165, 1.54) is 5.69 Å². The Kier molecular flexibility index (Phi) is 2.95. The SMILES string of the molecule is CCCn1ncc(OC)c1C1CCC1N. The van der Waals surface area contributed by atoms with Crippen LogP contribution in [0.1, 0.15) is 37.8 Å². The molecule has 0 saturated heterocycles. The van der Waals surface area contributed by atoms with Gasteiger partial charge in [-0.05, 0) is 19.3 Å². The number of rotatable bonds is 4. The summed E-state index contributed by atoms with van der Waals surface area (Å²) in [6.07, 6.45) is 5.16. The fourth-order valence-electron chi connectivity index (χ4n) is 2.16. The van der Waals surface area contributed by atoms with Gasteiger partial charge < -0.3 is 10.5 Å². The Morgan fingerprint density at radius 2 is 2.40 bits per heavy atom. The van der Waals surface area contributed by atoms with E-state index >= 15 is 0 Å². The molecule has 4 nitrogen and oxygen atoms in total. The molecule has 1 aliphatic carbocycles. The smallest absolute Gasteiger partial charge is 0.160 e. The average molecular weight is 209 g/mol. The molecule has 15 heavy (non-hydrogen) atoms. The number of nitrogens with zero attached hydrogens (tertiary/aromatic N) is 2. The maximum absolute atomic E-state index is 6.01. The standard InChI is InChI=1S/C11H19N3O/c1-3-6-14-11(8-4-5-9(8)12)10(15-2)7-13-14/h7-9H,3-6,12H2,1-2H3. The lowest BCUT2D eigenvalue weighted by Crippen LogP contribution is -2.38. The number of nitrogens with two attached hydrogens (primary N) is 1. The summed E-state index contributed by atoms with van der Waals surface area (Å²) in [6.45, 7) is 3.10. The molecule has 0 bridgehead atoms. The van der Waals surface area contributed by atoms with E-state index in [9.17, 15) is 0 Å². The number of aryl methyl sites for hydroxylation is 1. The zero-order valence-corrected chi connectivity index (χ0v) is 9.44. The van der Waals surface area contributed by atoms with E-state index in [1.54, 1.807) is 13.3 Å². The molecule has 0 aromatic carbocycles. The molecule has 2 N–H and O–H groups in total. The zero-order valence-electron chi connectivity index (χ0n) is 9.44. The van der Waals surface area contributed by atoms with Crippen molar-refractivity contribution in [3.05, 3.63) is 11.9 Å². The van der Waals surface area contributed by atoms with Gasteiger partial charge >= 0.3 is 0 Å². The fraction of sp³-hybridized carbons (Fsp3) is 0.727. The summed E-state index contributed by atoms with van der Waals surface area (Å²) >= 11 is 0. The monoisotopic (exact) mass is 209 g/mol. The van der Waals surface area contributed by atoms with Crippen molar-refractivity contribution in [3.63, 3.8) is 0 Å². The molecule has 2 unspecified atom stereocenters. The van der Waals surface area contributed by atoms with Crippen LogP contribution in [0.5, 0.6) is 5.75 Å². The van der Waals surface area contributed by atoms with E-state index < -0.39 is 0 Å². The van der Waals surface area contributed by atoms with E-state index in [4.69, 9.17) is 10.5 Å². The lowest BCUT2D eigenvalue weighted by atomic mass is 9.77. The number of aromatic nitrogens is 2. The van der Waals surface area contributed by atoms with Crippen LogP contribution < -0.4 is 10.5 Å². The normalized spacial score (nSPS) is 25.0. The van der Waals surface area contributed by atoms with Gasteiger partial charge in [0.05, 0.1) is 19.0 Å². The van der Waals surface area contributed by atoms with Crippen molar-refractivity contribution in [1.82, 2.24) is 9.78 Å². The van der Waals surface area contributed by atoms with Crippen molar-refractivity contribution in [1.29, 1.82) is 0 Å². The minimum atomic E-state index is 0.284. The third-order valence-electron chi connectivity index (χ3n) is 3.18. The van der Waals surface area contributed by atoms with Gasteiger partial charge in [0.1, 0.15) is 0 Å². The van der Waals surface area contributed by atoms with E-state index in [1.807, 2.05) is 4.68 Å². The Hall–Kier alpha value is -1.03. The Balaban J connectivity index is 2.28. The quantitative estimate of drug-likeness (QED) is 0.817. The van der Waals surface area contributed by atoms with Crippen LogP contribution >= 0.6 is 0 Å². The number of hydrogen-bond donors (Lipinski definition) is 1. The maximum atomic E-state index is 6.01. The van der Waals surface area contributed by atoms with Crippen molar-refractivity contribution in [2.45, 2.75) is 44.7 Å². The van der Waals surface area contributed by atoms with Crippen molar-refractivity contribution < 1.29 is 4.74 Å². The average Bonchev–Trinajstić information content (AvgIpc) is 2.60. The van der Waals surface area contributed by atoms with Crippen molar-refractivity contribution in [2.75, 3.05) is 7.11 Å². The van der Waals surface area contributed by atoms with Crippen LogP contribution in [-0.2, 0) is 6.54 Å². The summed E-state index contributed by atoms with van der Waals surface area (Å²) in [5, 5.41) is 4.35. The van der Waals surface area contributed by atoms with Crippen molar-refractivity contribution >= 4 is 0 Å². The molecule has 0 aliphatic heterocycles. The summed E-state index contributed by atoms with van der Waals surface area (Å²) in [7, 11) is 1.70. The molecular weight excluding hydrogens is 190 g/mol. The summed E-state index contributed by atoms with van der Waals surface area (Å²) in [6, 6.07) is 0.284. The van der Waals surface area contributed by atoms with Crippen LogP contribution in [0.2, 0.25) is 0 Å². The second-order valence-corrected chi connectivity index (χ2v) is 4.17. The molecule has 2 rings (SSSR count). The fourth-order valence-corrected chi connectivity index (χ4v) is 2.16. The van der Waals surface area contributed by atoms with Gasteiger partial charge in [-0.1, -0.05) is 6.92 Å². The Labute approximate surface area is 90.4 Å². The molecule has 84 valence electrons. The van der Waals surface area contributed by atoms with Gasteiger partial charge in [0.25, 0.3) is 0 Å². The molecule has 1 heterocycles. The van der Waals surface area contributed by atoms with Gasteiger partial charge in [0.15, 0.2) is 5.75 Å². The van der Waals surface area contributed by atoms with Crippen LogP contribution in [0.25, 0.3) is 0 Å². The lowest BCUT2D eigenvalue weighted by Gasteiger charge is -2.34. The van der Waals surface area contributed by atoms with Gasteiger partial charge in [-0.2, -0.15) is 5.10 Å². The molecule has 1 aliphatic rings. The van der Waals surface area contributed by atoms with Gasteiger partial charge in [-0.25, -0.2) is 0 Å². The van der Waals surface area contributed by atoms with E-state index in [0.29, 0.717) is 5.92 Å². The molecule has 1 aromatic rings. The first kappa shape index (κ1) is 10.5. The van der Waals surface area contributed by atoms with Crippen LogP contribution in [0.4, 0.5) is 0 Å². The predicted molar refractivity (Wildman–Crippen MR) is 59.0 cm³/mol. The number of methoxy groups -OCH3 is 1. The highest BCUT2D eigenvalue weighted by atomic mass is 16.5. The highest BCUT2D eigenvalue weighted by molar-refractivity contribution is 5.31. The summed E-state index contributed by atoms with van der Waals surface area (Å²) in [5.41, 5.74) is 7.20. The van der Waals surface area contributed by atoms with Crippen LogP contribution in [0.3, 0.4) is 0 Å². The van der Waals surface area contributed by atoms with Crippen molar-refractivity contribution in [3.8, 4) is 5.75 Å². The van der Waals surface area contributed by atoms with Gasteiger partial charge in [0, 0.05) is 18.5 Å². The highest BCUT2D eigenvalue weighted by Gasteiger charge is 2.34. The lowest BCUT2D eigenvalue weighted by molar-refractivity contribution is 0.310. The summed E-state index contributed by atoms with van der Waals surface area (Å²) in [5.74, 6) is 1.33. The molecule has 0 radical (unpaired) electrons. The number of ether oxygens (including phenoxy) is 1. The third-order valence-corrected chi connectivity index (χ3v) is 3.18. The molecule has 1 saturated carbocycles. The maximum Gasteiger partial charge on any atom is 0.160 e. The second-order valence-electron chi connectivity index (χ2n) is 4.17. The Bertz CT molecular complexity index is 335. The molecular formula is C11H19N3O. The van der Waals surface area contributed by atoms with Crippen LogP contribution in [-0.4, -0.2) is 22.9 Å². The van der Waals surface area contributed by atoms with Gasteiger partial charge in [0.2, 0.25) is 0 Å². The van der Waals surface area contributed by atoms with E-state index in [2.05, 4.69) is 12.0 Å². The first-order valence-electron chi connectivity index (χ1n) is 5.63. The first-order valence-corrected chi connectivity index (χ1v) is 5.63. The van der Waals surface area contributed by atoms with E-state index in [0.717, 1.165) is 31.6 Å².